The third-order valence-corrected chi connectivity index (χ3v) is 5.16. The first-order valence-electron chi connectivity index (χ1n) is 7.55. The molecule has 0 unspecified atom stereocenters. The molecule has 3 nitrogen and oxygen atoms in total. The van der Waals surface area contributed by atoms with Crippen LogP contribution >= 0.6 is 12.2 Å². The minimum absolute atomic E-state index is 0.183. The van der Waals surface area contributed by atoms with Crippen LogP contribution in [0.1, 0.15) is 25.5 Å². The summed E-state index contributed by atoms with van der Waals surface area (Å²) in [5.74, 6) is 1.19. The highest BCUT2D eigenvalue weighted by atomic mass is 32.1. The summed E-state index contributed by atoms with van der Waals surface area (Å²) in [6.07, 6.45) is 0. The summed E-state index contributed by atoms with van der Waals surface area (Å²) in [7, 11) is 0. The summed E-state index contributed by atoms with van der Waals surface area (Å²) in [5.41, 5.74) is 1.73. The summed E-state index contributed by atoms with van der Waals surface area (Å²) in [6, 6.07) is 18.6. The van der Waals surface area contributed by atoms with Crippen molar-refractivity contribution >= 4 is 23.0 Å². The molecule has 0 saturated carbocycles. The molecule has 3 atom stereocenters. The molecule has 2 heterocycles. The molecule has 2 aromatic rings. The van der Waals surface area contributed by atoms with Gasteiger partial charge >= 0.3 is 0 Å². The predicted octanol–water partition coefficient (Wildman–Crippen LogP) is 3.87. The summed E-state index contributed by atoms with van der Waals surface area (Å²) < 4.78 is 6.44. The van der Waals surface area contributed by atoms with Crippen LogP contribution in [-0.2, 0) is 0 Å². The lowest BCUT2D eigenvalue weighted by Gasteiger charge is -2.56. The van der Waals surface area contributed by atoms with Gasteiger partial charge in [0, 0.05) is 17.2 Å². The largest absolute Gasteiger partial charge is 0.467 e. The highest BCUT2D eigenvalue weighted by Crippen LogP contribution is 2.48. The molecule has 2 aliphatic rings. The molecule has 2 aromatic carbocycles. The van der Waals surface area contributed by atoms with Gasteiger partial charge in [0.05, 0.1) is 6.04 Å². The molecule has 4 heteroatoms. The molecule has 2 aliphatic heterocycles. The normalized spacial score (nSPS) is 29.4. The molecule has 112 valence electrons. The van der Waals surface area contributed by atoms with E-state index in [2.05, 4.69) is 42.3 Å². The second-order valence-corrected chi connectivity index (χ2v) is 6.47. The topological polar surface area (TPSA) is 24.5 Å². The molecular weight excluding hydrogens is 292 g/mol. The third-order valence-electron chi connectivity index (χ3n) is 4.86. The number of hydrogen-bond acceptors (Lipinski definition) is 2. The molecule has 1 saturated heterocycles. The Morgan fingerprint density at radius 3 is 2.55 bits per heavy atom. The minimum atomic E-state index is -0.497. The highest BCUT2D eigenvalue weighted by Gasteiger charge is 2.53. The van der Waals surface area contributed by atoms with E-state index in [1.54, 1.807) is 0 Å². The Kier molecular flexibility index (Phi) is 2.91. The molecule has 0 aliphatic carbocycles. The molecule has 0 amide bonds. The monoisotopic (exact) mass is 310 g/mol. The van der Waals surface area contributed by atoms with E-state index in [1.807, 2.05) is 36.4 Å². The Balaban J connectivity index is 1.87. The SMILES string of the molecule is C[C@H]1[C@H]2NC(=S)N(c3ccccc3)[C@@]1(C)Oc1ccccc12. The average molecular weight is 310 g/mol. The molecule has 2 bridgehead atoms. The standard InChI is InChI=1S/C18H18N2OS/c1-12-16-14-10-6-7-11-15(14)21-18(12,2)20(17(22)19-16)13-8-4-3-5-9-13/h3-12,16H,1-2H3,(H,19,22)/t12-,16+,18-/m0/s1. The fraction of sp³-hybridized carbons (Fsp3) is 0.278. The first-order valence-corrected chi connectivity index (χ1v) is 7.96. The van der Waals surface area contributed by atoms with Crippen LogP contribution < -0.4 is 15.0 Å². The lowest BCUT2D eigenvalue weighted by atomic mass is 9.81. The number of rotatable bonds is 1. The number of nitrogens with one attached hydrogen (secondary N) is 1. The van der Waals surface area contributed by atoms with Crippen LogP contribution in [0.2, 0.25) is 0 Å². The first-order chi connectivity index (χ1) is 10.6. The van der Waals surface area contributed by atoms with Crippen molar-refractivity contribution in [1.82, 2.24) is 5.32 Å². The van der Waals surface area contributed by atoms with Gasteiger partial charge in [0.25, 0.3) is 0 Å². The van der Waals surface area contributed by atoms with Crippen molar-refractivity contribution in [2.75, 3.05) is 4.90 Å². The number of nitrogens with zero attached hydrogens (tertiary/aromatic N) is 1. The molecule has 22 heavy (non-hydrogen) atoms. The first kappa shape index (κ1) is 13.6. The van der Waals surface area contributed by atoms with E-state index in [-0.39, 0.29) is 12.0 Å². The van der Waals surface area contributed by atoms with E-state index in [1.165, 1.54) is 5.56 Å². The van der Waals surface area contributed by atoms with Gasteiger partial charge in [0.1, 0.15) is 5.75 Å². The lowest BCUT2D eigenvalue weighted by Crippen LogP contribution is -2.69. The van der Waals surface area contributed by atoms with Crippen molar-refractivity contribution < 1.29 is 4.74 Å². The van der Waals surface area contributed by atoms with Crippen LogP contribution in [0.5, 0.6) is 5.75 Å². The van der Waals surface area contributed by atoms with E-state index < -0.39 is 5.72 Å². The third kappa shape index (κ3) is 1.77. The Labute approximate surface area is 135 Å². The Hall–Kier alpha value is -2.07. The molecule has 1 fully saturated rings. The molecule has 0 spiro atoms. The number of ether oxygens (including phenoxy) is 1. The van der Waals surface area contributed by atoms with Crippen LogP contribution in [0.3, 0.4) is 0 Å². The van der Waals surface area contributed by atoms with Gasteiger partial charge in [-0.2, -0.15) is 0 Å². The summed E-state index contributed by atoms with van der Waals surface area (Å²) >= 11 is 5.65. The van der Waals surface area contributed by atoms with Gasteiger partial charge in [0.15, 0.2) is 10.8 Å². The van der Waals surface area contributed by atoms with Crippen LogP contribution in [0.4, 0.5) is 5.69 Å². The Morgan fingerprint density at radius 2 is 1.77 bits per heavy atom. The van der Waals surface area contributed by atoms with Crippen molar-refractivity contribution in [3.63, 3.8) is 0 Å². The van der Waals surface area contributed by atoms with Gasteiger partial charge in [-0.1, -0.05) is 43.3 Å². The molecular formula is C18H18N2OS. The maximum atomic E-state index is 6.44. The van der Waals surface area contributed by atoms with Gasteiger partial charge in [-0.15, -0.1) is 0 Å². The lowest BCUT2D eigenvalue weighted by molar-refractivity contribution is -0.00316. The highest BCUT2D eigenvalue weighted by molar-refractivity contribution is 7.80. The Bertz CT molecular complexity index is 733. The van der Waals surface area contributed by atoms with Crippen molar-refractivity contribution in [2.45, 2.75) is 25.6 Å². The zero-order chi connectivity index (χ0) is 15.3. The number of thiocarbonyl (C=S) groups is 1. The van der Waals surface area contributed by atoms with Crippen molar-refractivity contribution in [2.24, 2.45) is 5.92 Å². The average Bonchev–Trinajstić information content (AvgIpc) is 2.51. The maximum absolute atomic E-state index is 6.44. The zero-order valence-electron chi connectivity index (χ0n) is 12.6. The van der Waals surface area contributed by atoms with Crippen LogP contribution in [0, 0.1) is 5.92 Å². The smallest absolute Gasteiger partial charge is 0.190 e. The molecule has 0 aromatic heterocycles. The fourth-order valence-corrected chi connectivity index (χ4v) is 3.94. The number of anilines is 1. The number of fused-ring (bicyclic) bond motifs is 4. The van der Waals surface area contributed by atoms with Crippen molar-refractivity contribution in [1.29, 1.82) is 0 Å². The second kappa shape index (κ2) is 4.71. The summed E-state index contributed by atoms with van der Waals surface area (Å²) in [4.78, 5) is 2.10. The maximum Gasteiger partial charge on any atom is 0.190 e. The number of benzene rings is 2. The van der Waals surface area contributed by atoms with E-state index in [0.29, 0.717) is 5.11 Å². The summed E-state index contributed by atoms with van der Waals surface area (Å²) in [5, 5.41) is 4.22. The predicted molar refractivity (Wildman–Crippen MR) is 92.0 cm³/mol. The van der Waals surface area contributed by atoms with Crippen LogP contribution in [-0.4, -0.2) is 10.8 Å². The van der Waals surface area contributed by atoms with Gasteiger partial charge in [0.2, 0.25) is 0 Å². The molecule has 0 radical (unpaired) electrons. The number of para-hydroxylation sites is 2. The van der Waals surface area contributed by atoms with Gasteiger partial charge in [-0.05, 0) is 37.3 Å². The van der Waals surface area contributed by atoms with E-state index in [4.69, 9.17) is 17.0 Å². The second-order valence-electron chi connectivity index (χ2n) is 6.08. The van der Waals surface area contributed by atoms with E-state index in [9.17, 15) is 0 Å². The van der Waals surface area contributed by atoms with Gasteiger partial charge < -0.3 is 10.1 Å². The zero-order valence-corrected chi connectivity index (χ0v) is 13.4. The molecule has 1 N–H and O–H groups in total. The van der Waals surface area contributed by atoms with E-state index >= 15 is 0 Å². The fourth-order valence-electron chi connectivity index (χ4n) is 3.53. The molecule has 4 rings (SSSR count). The van der Waals surface area contributed by atoms with Crippen molar-refractivity contribution in [3.8, 4) is 5.75 Å². The van der Waals surface area contributed by atoms with Gasteiger partial charge in [-0.25, -0.2) is 0 Å². The number of hydrogen-bond donors (Lipinski definition) is 1. The van der Waals surface area contributed by atoms with Crippen LogP contribution in [0.25, 0.3) is 0 Å². The summed E-state index contributed by atoms with van der Waals surface area (Å²) in [6.45, 7) is 4.34. The Morgan fingerprint density at radius 1 is 1.09 bits per heavy atom. The van der Waals surface area contributed by atoms with Crippen LogP contribution in [0.15, 0.2) is 54.6 Å². The van der Waals surface area contributed by atoms with Crippen molar-refractivity contribution in [3.05, 3.63) is 60.2 Å². The minimum Gasteiger partial charge on any atom is -0.467 e. The van der Waals surface area contributed by atoms with Gasteiger partial charge in [-0.3, -0.25) is 4.90 Å². The van der Waals surface area contributed by atoms with E-state index in [0.717, 1.165) is 11.4 Å². The quantitative estimate of drug-likeness (QED) is 0.808.